The molecule has 172 valence electrons. The first kappa shape index (κ1) is 27.1. The van der Waals surface area contributed by atoms with Crippen LogP contribution in [-0.4, -0.2) is 47.0 Å². The second-order valence-corrected chi connectivity index (χ2v) is 6.25. The Morgan fingerprint density at radius 3 is 1.97 bits per heavy atom. The molecular weight excluding hydrogens is 596 g/mol. The van der Waals surface area contributed by atoms with E-state index in [9.17, 15) is 13.2 Å². The van der Waals surface area contributed by atoms with Gasteiger partial charge in [-0.3, -0.25) is 9.97 Å². The molecule has 2 atom stereocenters. The maximum atomic E-state index is 12.6. The zero-order valence-electron chi connectivity index (χ0n) is 17.0. The summed E-state index contributed by atoms with van der Waals surface area (Å²) >= 11 is 0. The van der Waals surface area contributed by atoms with Gasteiger partial charge in [-0.2, -0.15) is 13.2 Å². The number of hydrogen-bond donors (Lipinski definition) is 2. The fraction of sp³-hybridized carbons (Fsp3) is 0.333. The SMILES string of the molecule is COC(O)CC(O)OC.Cc1nc2ccccc2nc1-c1[c-]cc(C(F)(F)F)cc1.[Pt]. The molecule has 0 spiro atoms. The first-order valence-electron chi connectivity index (χ1n) is 8.90. The Morgan fingerprint density at radius 2 is 1.52 bits per heavy atom. The number of nitrogens with zero attached hydrogens (tertiary/aromatic N) is 2. The molecule has 0 saturated carbocycles. The minimum absolute atomic E-state index is 0. The van der Waals surface area contributed by atoms with Crippen LogP contribution in [0.4, 0.5) is 13.2 Å². The normalized spacial score (nSPS) is 13.0. The van der Waals surface area contributed by atoms with Gasteiger partial charge in [-0.1, -0.05) is 12.1 Å². The van der Waals surface area contributed by atoms with E-state index in [-0.39, 0.29) is 27.5 Å². The predicted octanol–water partition coefficient (Wildman–Crippen LogP) is 3.73. The first-order chi connectivity index (χ1) is 14.2. The average molecular weight is 618 g/mol. The summed E-state index contributed by atoms with van der Waals surface area (Å²) in [5.41, 5.74) is 2.43. The summed E-state index contributed by atoms with van der Waals surface area (Å²) in [6.07, 6.45) is -6.17. The average Bonchev–Trinajstić information content (AvgIpc) is 2.73. The number of aliphatic hydroxyl groups is 2. The van der Waals surface area contributed by atoms with E-state index in [1.54, 1.807) is 6.92 Å². The van der Waals surface area contributed by atoms with Gasteiger partial charge in [0.2, 0.25) is 0 Å². The molecule has 2 aromatic carbocycles. The van der Waals surface area contributed by atoms with Crippen LogP contribution >= 0.6 is 0 Å². The second-order valence-electron chi connectivity index (χ2n) is 6.25. The molecule has 1 aromatic heterocycles. The minimum atomic E-state index is -4.36. The number of rotatable bonds is 5. The molecule has 2 N–H and O–H groups in total. The van der Waals surface area contributed by atoms with E-state index in [4.69, 9.17) is 10.2 Å². The Kier molecular flexibility index (Phi) is 10.7. The molecule has 0 bridgehead atoms. The molecule has 0 saturated heterocycles. The Labute approximate surface area is 192 Å². The van der Waals surface area contributed by atoms with E-state index in [0.29, 0.717) is 22.5 Å². The van der Waals surface area contributed by atoms with E-state index in [1.807, 2.05) is 24.3 Å². The summed E-state index contributed by atoms with van der Waals surface area (Å²) in [5.74, 6) is 0. The molecule has 2 unspecified atom stereocenters. The topological polar surface area (TPSA) is 84.7 Å². The van der Waals surface area contributed by atoms with Crippen LogP contribution in [-0.2, 0) is 36.7 Å². The Morgan fingerprint density at radius 1 is 0.968 bits per heavy atom. The van der Waals surface area contributed by atoms with Gasteiger partial charge in [0, 0.05) is 53.1 Å². The Balaban J connectivity index is 0.000000413. The van der Waals surface area contributed by atoms with E-state index >= 15 is 0 Å². The van der Waals surface area contributed by atoms with Crippen molar-refractivity contribution in [2.24, 2.45) is 0 Å². The van der Waals surface area contributed by atoms with Crippen LogP contribution in [0.25, 0.3) is 22.3 Å². The van der Waals surface area contributed by atoms with E-state index in [1.165, 1.54) is 20.3 Å². The van der Waals surface area contributed by atoms with Crippen LogP contribution < -0.4 is 0 Å². The van der Waals surface area contributed by atoms with Crippen molar-refractivity contribution in [1.29, 1.82) is 0 Å². The second kappa shape index (κ2) is 12.2. The smallest absolute Gasteiger partial charge is 0.368 e. The van der Waals surface area contributed by atoms with E-state index < -0.39 is 24.3 Å². The van der Waals surface area contributed by atoms with Crippen molar-refractivity contribution >= 4 is 11.0 Å². The van der Waals surface area contributed by atoms with Gasteiger partial charge < -0.3 is 19.7 Å². The minimum Gasteiger partial charge on any atom is -0.368 e. The molecule has 0 aliphatic heterocycles. The fourth-order valence-electron chi connectivity index (χ4n) is 2.46. The van der Waals surface area contributed by atoms with Gasteiger partial charge in [0.25, 0.3) is 0 Å². The van der Waals surface area contributed by atoms with Crippen molar-refractivity contribution in [3.8, 4) is 11.3 Å². The molecule has 10 heteroatoms. The van der Waals surface area contributed by atoms with Gasteiger partial charge in [0.15, 0.2) is 12.6 Å². The van der Waals surface area contributed by atoms with Crippen molar-refractivity contribution < 1.29 is 53.9 Å². The van der Waals surface area contributed by atoms with Crippen LogP contribution in [0.1, 0.15) is 17.7 Å². The molecule has 3 rings (SSSR count). The van der Waals surface area contributed by atoms with Crippen molar-refractivity contribution in [2.45, 2.75) is 32.1 Å². The fourth-order valence-corrected chi connectivity index (χ4v) is 2.46. The molecule has 0 radical (unpaired) electrons. The third-order valence-corrected chi connectivity index (χ3v) is 4.09. The number of alkyl halides is 3. The van der Waals surface area contributed by atoms with Crippen LogP contribution in [0.5, 0.6) is 0 Å². The van der Waals surface area contributed by atoms with Crippen molar-refractivity contribution in [2.75, 3.05) is 14.2 Å². The molecule has 3 aromatic rings. The summed E-state index contributed by atoms with van der Waals surface area (Å²) in [7, 11) is 2.71. The zero-order chi connectivity index (χ0) is 22.3. The third-order valence-electron chi connectivity index (χ3n) is 4.09. The number of benzene rings is 2. The molecule has 0 amide bonds. The number of halogens is 3. The van der Waals surface area contributed by atoms with Crippen LogP contribution in [0.3, 0.4) is 0 Å². The summed E-state index contributed by atoms with van der Waals surface area (Å²) in [6, 6.07) is 13.3. The van der Waals surface area contributed by atoms with E-state index in [0.717, 1.165) is 17.6 Å². The first-order valence-corrected chi connectivity index (χ1v) is 8.90. The zero-order valence-corrected chi connectivity index (χ0v) is 19.2. The molecule has 31 heavy (non-hydrogen) atoms. The Hall–Kier alpha value is -1.90. The van der Waals surface area contributed by atoms with Gasteiger partial charge >= 0.3 is 6.18 Å². The van der Waals surface area contributed by atoms with E-state index in [2.05, 4.69) is 25.5 Å². The van der Waals surface area contributed by atoms with Gasteiger partial charge in [-0.15, -0.1) is 29.8 Å². The number of methoxy groups -OCH3 is 2. The van der Waals surface area contributed by atoms with Gasteiger partial charge in [-0.25, -0.2) is 0 Å². The standard InChI is InChI=1S/C16H10F3N2.C5H12O4.Pt/c1-10-15(21-14-5-3-2-4-13(14)20-10)11-6-8-12(9-7-11)16(17,18)19;1-8-4(6)3-5(7)9-2;/h2-6,8-9H,1H3;4-7H,3H2,1-2H3;/q-1;;. The number of ether oxygens (including phenoxy) is 2. The summed E-state index contributed by atoms with van der Waals surface area (Å²) in [6.45, 7) is 1.78. The molecular formula is C21H22F3N2O4Pt-. The summed E-state index contributed by atoms with van der Waals surface area (Å²) < 4.78 is 46.6. The summed E-state index contributed by atoms with van der Waals surface area (Å²) in [5, 5.41) is 17.4. The van der Waals surface area contributed by atoms with Crippen molar-refractivity contribution in [3.05, 3.63) is 59.8 Å². The number of aryl methyl sites for hydroxylation is 1. The number of aliphatic hydroxyl groups excluding tert-OH is 2. The van der Waals surface area contributed by atoms with Gasteiger partial charge in [0.1, 0.15) is 0 Å². The third kappa shape index (κ3) is 7.94. The quantitative estimate of drug-likeness (QED) is 0.335. The Bertz CT molecular complexity index is 948. The molecule has 0 aliphatic rings. The van der Waals surface area contributed by atoms with Crippen LogP contribution in [0.15, 0.2) is 42.5 Å². The molecule has 6 nitrogen and oxygen atoms in total. The molecule has 1 heterocycles. The maximum Gasteiger partial charge on any atom is 0.381 e. The largest absolute Gasteiger partial charge is 0.381 e. The monoisotopic (exact) mass is 618 g/mol. The van der Waals surface area contributed by atoms with Gasteiger partial charge in [-0.05, 0) is 24.6 Å². The predicted molar refractivity (Wildman–Crippen MR) is 104 cm³/mol. The van der Waals surface area contributed by atoms with Crippen LogP contribution in [0.2, 0.25) is 0 Å². The molecule has 0 fully saturated rings. The maximum absolute atomic E-state index is 12.6. The number of aromatic nitrogens is 2. The summed E-state index contributed by atoms with van der Waals surface area (Å²) in [4.78, 5) is 8.88. The number of hydrogen-bond acceptors (Lipinski definition) is 6. The van der Waals surface area contributed by atoms with Crippen molar-refractivity contribution in [3.63, 3.8) is 0 Å². The molecule has 0 aliphatic carbocycles. The van der Waals surface area contributed by atoms with Crippen molar-refractivity contribution in [1.82, 2.24) is 9.97 Å². The van der Waals surface area contributed by atoms with Crippen LogP contribution in [0, 0.1) is 13.0 Å². The van der Waals surface area contributed by atoms with Gasteiger partial charge in [0.05, 0.1) is 11.0 Å². The number of para-hydroxylation sites is 2. The number of fused-ring (bicyclic) bond motifs is 1.